The number of hydrogen-bond donors (Lipinski definition) is 3. The van der Waals surface area contributed by atoms with Gasteiger partial charge >= 0.3 is 0 Å². The summed E-state index contributed by atoms with van der Waals surface area (Å²) in [7, 11) is 0. The molecular weight excluding hydrogens is 404 g/mol. The van der Waals surface area contributed by atoms with Crippen LogP contribution in [0.5, 0.6) is 0 Å². The van der Waals surface area contributed by atoms with Gasteiger partial charge in [-0.25, -0.2) is 0 Å². The van der Waals surface area contributed by atoms with Crippen LogP contribution in [0.25, 0.3) is 0 Å². The maximum absolute atomic E-state index is 5.77. The van der Waals surface area contributed by atoms with Gasteiger partial charge in [0.15, 0.2) is 5.96 Å². The Balaban J connectivity index is 1.48. The van der Waals surface area contributed by atoms with Crippen LogP contribution in [0.1, 0.15) is 57.6 Å². The second kappa shape index (κ2) is 13.8. The number of guanidine groups is 1. The largest absolute Gasteiger partial charge is 0.381 e. The minimum Gasteiger partial charge on any atom is -0.381 e. The zero-order valence-corrected chi connectivity index (χ0v) is 19.9. The smallest absolute Gasteiger partial charge is 0.191 e. The molecule has 0 aliphatic carbocycles. The second-order valence-electron chi connectivity index (χ2n) is 8.85. The lowest BCUT2D eigenvalue weighted by atomic mass is 9.88. The molecule has 3 rings (SSSR count). The Bertz CT molecular complexity index is 658. The zero-order chi connectivity index (χ0) is 22.5. The summed E-state index contributed by atoms with van der Waals surface area (Å²) in [4.78, 5) is 4.95. The normalized spacial score (nSPS) is 21.9. The zero-order valence-electron chi connectivity index (χ0n) is 19.9. The van der Waals surface area contributed by atoms with Crippen molar-refractivity contribution in [2.75, 3.05) is 52.7 Å². The van der Waals surface area contributed by atoms with E-state index in [-0.39, 0.29) is 11.6 Å². The van der Waals surface area contributed by atoms with Crippen LogP contribution in [0.4, 0.5) is 0 Å². The van der Waals surface area contributed by atoms with E-state index in [1.54, 1.807) is 0 Å². The maximum atomic E-state index is 5.77. The summed E-state index contributed by atoms with van der Waals surface area (Å²) in [6, 6.07) is 10.9. The van der Waals surface area contributed by atoms with E-state index < -0.39 is 0 Å². The van der Waals surface area contributed by atoms with Crippen LogP contribution in [0.15, 0.2) is 35.3 Å². The Morgan fingerprint density at radius 1 is 1.19 bits per heavy atom. The van der Waals surface area contributed by atoms with Crippen molar-refractivity contribution in [3.8, 4) is 0 Å². The summed E-state index contributed by atoms with van der Waals surface area (Å²) < 4.78 is 17.0. The molecule has 2 saturated heterocycles. The molecule has 32 heavy (non-hydrogen) atoms. The van der Waals surface area contributed by atoms with Crippen molar-refractivity contribution in [2.24, 2.45) is 4.99 Å². The van der Waals surface area contributed by atoms with Crippen LogP contribution in [0.3, 0.4) is 0 Å². The van der Waals surface area contributed by atoms with Crippen molar-refractivity contribution in [3.05, 3.63) is 35.9 Å². The third-order valence-corrected chi connectivity index (χ3v) is 6.24. The Labute approximate surface area is 193 Å². The van der Waals surface area contributed by atoms with E-state index in [1.165, 1.54) is 5.56 Å². The number of hydrogen-bond acceptors (Lipinski definition) is 5. The van der Waals surface area contributed by atoms with Gasteiger partial charge in [0.25, 0.3) is 0 Å². The van der Waals surface area contributed by atoms with Crippen molar-refractivity contribution < 1.29 is 14.2 Å². The summed E-state index contributed by atoms with van der Waals surface area (Å²) >= 11 is 0. The molecule has 2 aliphatic rings. The van der Waals surface area contributed by atoms with Gasteiger partial charge in [-0.15, -0.1) is 0 Å². The van der Waals surface area contributed by atoms with Crippen molar-refractivity contribution in [3.63, 3.8) is 0 Å². The highest BCUT2D eigenvalue weighted by Crippen LogP contribution is 2.26. The van der Waals surface area contributed by atoms with Crippen LogP contribution in [-0.4, -0.2) is 70.3 Å². The van der Waals surface area contributed by atoms with Gasteiger partial charge in [0.05, 0.1) is 19.3 Å². The van der Waals surface area contributed by atoms with E-state index >= 15 is 0 Å². The van der Waals surface area contributed by atoms with Crippen LogP contribution < -0.4 is 16.0 Å². The van der Waals surface area contributed by atoms with Gasteiger partial charge in [0.1, 0.15) is 0 Å². The molecule has 7 heteroatoms. The SMILES string of the molecule is CCNC(=NCC1(NC(C)c2ccccc2)CCOCC1)NCCCOCC1CCCO1. The standard InChI is InChI=1S/C25H42N4O3/c1-3-26-24(27-14-8-15-31-19-23-11-7-16-32-23)28-20-25(12-17-30-18-13-25)29-21(2)22-9-5-4-6-10-22/h4-6,9-10,21,23,29H,3,7-8,11-20H2,1-2H3,(H2,26,27,28). The van der Waals surface area contributed by atoms with Crippen molar-refractivity contribution in [1.29, 1.82) is 0 Å². The van der Waals surface area contributed by atoms with Gasteiger partial charge in [0.2, 0.25) is 0 Å². The van der Waals surface area contributed by atoms with Crippen molar-refractivity contribution in [1.82, 2.24) is 16.0 Å². The summed E-state index contributed by atoms with van der Waals surface area (Å²) in [6.45, 7) is 10.6. The van der Waals surface area contributed by atoms with Crippen molar-refractivity contribution >= 4 is 5.96 Å². The summed E-state index contributed by atoms with van der Waals surface area (Å²) in [5.41, 5.74) is 1.25. The highest BCUT2D eigenvalue weighted by atomic mass is 16.5. The predicted molar refractivity (Wildman–Crippen MR) is 129 cm³/mol. The van der Waals surface area contributed by atoms with Gasteiger partial charge in [0, 0.05) is 51.1 Å². The Hall–Kier alpha value is -1.67. The van der Waals surface area contributed by atoms with E-state index in [0.717, 1.165) is 84.1 Å². The van der Waals surface area contributed by atoms with Gasteiger partial charge in [-0.3, -0.25) is 4.99 Å². The first-order valence-electron chi connectivity index (χ1n) is 12.3. The van der Waals surface area contributed by atoms with Gasteiger partial charge in [-0.05, 0) is 51.5 Å². The lowest BCUT2D eigenvalue weighted by Crippen LogP contribution is -2.53. The summed E-state index contributed by atoms with van der Waals surface area (Å²) in [6.07, 6.45) is 5.45. The lowest BCUT2D eigenvalue weighted by molar-refractivity contribution is 0.0168. The molecule has 0 saturated carbocycles. The fourth-order valence-corrected chi connectivity index (χ4v) is 4.34. The maximum Gasteiger partial charge on any atom is 0.191 e. The summed E-state index contributed by atoms with van der Waals surface area (Å²) in [5, 5.41) is 10.7. The minimum absolute atomic E-state index is 0.0553. The van der Waals surface area contributed by atoms with E-state index in [4.69, 9.17) is 19.2 Å². The van der Waals surface area contributed by atoms with Gasteiger partial charge in [-0.1, -0.05) is 30.3 Å². The average molecular weight is 447 g/mol. The molecule has 0 spiro atoms. The lowest BCUT2D eigenvalue weighted by Gasteiger charge is -2.39. The molecule has 3 N–H and O–H groups in total. The molecule has 0 bridgehead atoms. The molecule has 7 nitrogen and oxygen atoms in total. The molecule has 2 fully saturated rings. The third-order valence-electron chi connectivity index (χ3n) is 6.24. The number of benzene rings is 1. The monoisotopic (exact) mass is 446 g/mol. The Morgan fingerprint density at radius 2 is 2.00 bits per heavy atom. The Morgan fingerprint density at radius 3 is 2.72 bits per heavy atom. The molecular formula is C25H42N4O3. The quantitative estimate of drug-likeness (QED) is 0.260. The number of aliphatic imine (C=N–C) groups is 1. The van der Waals surface area contributed by atoms with Gasteiger partial charge in [-0.2, -0.15) is 0 Å². The van der Waals surface area contributed by atoms with E-state index in [2.05, 4.69) is 60.1 Å². The third kappa shape index (κ3) is 8.35. The van der Waals surface area contributed by atoms with Crippen LogP contribution in [0.2, 0.25) is 0 Å². The fraction of sp³-hybridized carbons (Fsp3) is 0.720. The molecule has 0 aromatic heterocycles. The molecule has 0 radical (unpaired) electrons. The van der Waals surface area contributed by atoms with E-state index in [1.807, 2.05) is 0 Å². The number of ether oxygens (including phenoxy) is 3. The molecule has 180 valence electrons. The number of nitrogens with zero attached hydrogens (tertiary/aromatic N) is 1. The highest BCUT2D eigenvalue weighted by Gasteiger charge is 2.34. The first-order chi connectivity index (χ1) is 15.7. The molecule has 2 aliphatic heterocycles. The highest BCUT2D eigenvalue weighted by molar-refractivity contribution is 5.79. The van der Waals surface area contributed by atoms with E-state index in [9.17, 15) is 0 Å². The molecule has 2 unspecified atom stereocenters. The molecule has 2 heterocycles. The minimum atomic E-state index is -0.0553. The molecule has 1 aromatic rings. The average Bonchev–Trinajstić information content (AvgIpc) is 3.34. The first kappa shape index (κ1) is 25.0. The van der Waals surface area contributed by atoms with Crippen LogP contribution in [-0.2, 0) is 14.2 Å². The fourth-order valence-electron chi connectivity index (χ4n) is 4.34. The van der Waals surface area contributed by atoms with E-state index in [0.29, 0.717) is 12.7 Å². The number of rotatable bonds is 12. The van der Waals surface area contributed by atoms with Gasteiger partial charge < -0.3 is 30.2 Å². The summed E-state index contributed by atoms with van der Waals surface area (Å²) in [5.74, 6) is 0.867. The number of nitrogens with one attached hydrogen (secondary N) is 3. The Kier molecular flexibility index (Phi) is 10.8. The first-order valence-corrected chi connectivity index (χ1v) is 12.3. The van der Waals surface area contributed by atoms with Crippen LogP contribution >= 0.6 is 0 Å². The topological polar surface area (TPSA) is 76.1 Å². The molecule has 1 aromatic carbocycles. The second-order valence-corrected chi connectivity index (χ2v) is 8.85. The predicted octanol–water partition coefficient (Wildman–Crippen LogP) is 3.03. The molecule has 2 atom stereocenters. The molecule has 0 amide bonds. The van der Waals surface area contributed by atoms with Crippen LogP contribution in [0, 0.1) is 0 Å². The van der Waals surface area contributed by atoms with Crippen molar-refractivity contribution in [2.45, 2.75) is 63.6 Å².